The maximum atomic E-state index is 12.7. The zero-order valence-electron chi connectivity index (χ0n) is 12.7. The summed E-state index contributed by atoms with van der Waals surface area (Å²) in [5, 5.41) is 9.37. The lowest BCUT2D eigenvalue weighted by atomic mass is 9.54. The Morgan fingerprint density at radius 3 is 2.26 bits per heavy atom. The van der Waals surface area contributed by atoms with Crippen LogP contribution in [0.5, 0.6) is 5.75 Å². The van der Waals surface area contributed by atoms with Crippen LogP contribution in [0.25, 0.3) is 0 Å². The highest BCUT2D eigenvalue weighted by molar-refractivity contribution is 5.75. The smallest absolute Gasteiger partial charge is 0.416 e. The van der Waals surface area contributed by atoms with Gasteiger partial charge in [-0.05, 0) is 56.7 Å². The molecule has 3 aliphatic carbocycles. The van der Waals surface area contributed by atoms with Gasteiger partial charge in [-0.3, -0.25) is 4.79 Å². The van der Waals surface area contributed by atoms with Gasteiger partial charge in [0.15, 0.2) is 0 Å². The van der Waals surface area contributed by atoms with Gasteiger partial charge in [-0.1, -0.05) is 6.07 Å². The van der Waals surface area contributed by atoms with E-state index in [9.17, 15) is 23.1 Å². The Labute approximate surface area is 132 Å². The molecule has 3 nitrogen and oxygen atoms in total. The molecule has 0 unspecified atom stereocenters. The van der Waals surface area contributed by atoms with Crippen LogP contribution in [0.15, 0.2) is 24.3 Å². The van der Waals surface area contributed by atoms with Crippen molar-refractivity contribution in [3.63, 3.8) is 0 Å². The Hall–Kier alpha value is -1.72. The van der Waals surface area contributed by atoms with Crippen LogP contribution in [-0.2, 0) is 11.0 Å². The average Bonchev–Trinajstić information content (AvgIpc) is 2.54. The number of carboxylic acids is 1. The van der Waals surface area contributed by atoms with E-state index >= 15 is 0 Å². The van der Waals surface area contributed by atoms with Crippen LogP contribution >= 0.6 is 0 Å². The van der Waals surface area contributed by atoms with E-state index in [1.807, 2.05) is 0 Å². The summed E-state index contributed by atoms with van der Waals surface area (Å²) < 4.78 is 43.8. The van der Waals surface area contributed by atoms with E-state index < -0.39 is 23.1 Å². The van der Waals surface area contributed by atoms with Crippen LogP contribution in [0.4, 0.5) is 13.2 Å². The predicted molar refractivity (Wildman–Crippen MR) is 77.1 cm³/mol. The van der Waals surface area contributed by atoms with Crippen molar-refractivity contribution in [3.8, 4) is 5.75 Å². The maximum Gasteiger partial charge on any atom is 0.416 e. The monoisotopic (exact) mass is 328 g/mol. The topological polar surface area (TPSA) is 46.5 Å². The van der Waals surface area contributed by atoms with Crippen LogP contribution in [0, 0.1) is 10.8 Å². The molecule has 0 amide bonds. The highest BCUT2D eigenvalue weighted by Gasteiger charge is 2.52. The number of fused-ring (bicyclic) bond motifs is 3. The Kier molecular flexibility index (Phi) is 3.81. The maximum absolute atomic E-state index is 12.7. The molecule has 1 aromatic carbocycles. The largest absolute Gasteiger partial charge is 0.493 e. The first-order valence-electron chi connectivity index (χ1n) is 7.78. The fourth-order valence-corrected chi connectivity index (χ4v) is 3.80. The first-order chi connectivity index (χ1) is 10.7. The molecule has 3 fully saturated rings. The van der Waals surface area contributed by atoms with Crippen molar-refractivity contribution in [2.24, 2.45) is 10.8 Å². The summed E-state index contributed by atoms with van der Waals surface area (Å²) >= 11 is 0. The molecule has 3 saturated carbocycles. The third kappa shape index (κ3) is 3.03. The molecular formula is C17H19F3O3. The number of halogens is 3. The van der Waals surface area contributed by atoms with Gasteiger partial charge in [0, 0.05) is 5.41 Å². The number of ether oxygens (including phenoxy) is 1. The summed E-state index contributed by atoms with van der Waals surface area (Å²) in [5.74, 6) is -0.501. The van der Waals surface area contributed by atoms with E-state index in [-0.39, 0.29) is 11.2 Å². The fourth-order valence-electron chi connectivity index (χ4n) is 3.80. The summed E-state index contributed by atoms with van der Waals surface area (Å²) in [7, 11) is 0. The second-order valence-corrected chi connectivity index (χ2v) is 6.90. The molecule has 126 valence electrons. The standard InChI is InChI=1S/C17H19F3O3/c18-17(19,20)12-2-1-3-13(10-12)23-11-15-4-7-16(8-5-15,9-6-15)14(21)22/h1-3,10H,4-9,11H2,(H,21,22). The molecule has 0 aromatic heterocycles. The third-order valence-electron chi connectivity index (χ3n) is 5.56. The van der Waals surface area contributed by atoms with Gasteiger partial charge in [0.2, 0.25) is 0 Å². The molecule has 23 heavy (non-hydrogen) atoms. The van der Waals surface area contributed by atoms with E-state index in [2.05, 4.69) is 0 Å². The normalized spacial score (nSPS) is 30.2. The Morgan fingerprint density at radius 1 is 1.13 bits per heavy atom. The van der Waals surface area contributed by atoms with Crippen LogP contribution in [0.3, 0.4) is 0 Å². The minimum Gasteiger partial charge on any atom is -0.493 e. The summed E-state index contributed by atoms with van der Waals surface area (Å²) in [6.07, 6.45) is -0.194. The van der Waals surface area contributed by atoms with Crippen LogP contribution < -0.4 is 4.74 Å². The molecule has 0 radical (unpaired) electrons. The number of hydrogen-bond donors (Lipinski definition) is 1. The van der Waals surface area contributed by atoms with Crippen molar-refractivity contribution in [1.82, 2.24) is 0 Å². The SMILES string of the molecule is O=C(O)C12CCC(COc3cccc(C(F)(F)F)c3)(CC1)CC2. The van der Waals surface area contributed by atoms with E-state index in [0.717, 1.165) is 31.4 Å². The number of alkyl halides is 3. The second kappa shape index (κ2) is 5.42. The Morgan fingerprint density at radius 2 is 1.74 bits per heavy atom. The van der Waals surface area contributed by atoms with Gasteiger partial charge in [0.25, 0.3) is 0 Å². The lowest BCUT2D eigenvalue weighted by Crippen LogP contribution is -2.48. The first kappa shape index (κ1) is 16.1. The molecule has 0 saturated heterocycles. The van der Waals surface area contributed by atoms with E-state index in [4.69, 9.17) is 4.74 Å². The van der Waals surface area contributed by atoms with Gasteiger partial charge < -0.3 is 9.84 Å². The molecule has 0 aliphatic heterocycles. The van der Waals surface area contributed by atoms with E-state index in [1.165, 1.54) is 12.1 Å². The van der Waals surface area contributed by atoms with Crippen LogP contribution in [0.2, 0.25) is 0 Å². The summed E-state index contributed by atoms with van der Waals surface area (Å²) in [4.78, 5) is 11.4. The summed E-state index contributed by atoms with van der Waals surface area (Å²) in [5.41, 5.74) is -1.40. The van der Waals surface area contributed by atoms with E-state index in [1.54, 1.807) is 0 Å². The number of rotatable bonds is 4. The lowest BCUT2D eigenvalue weighted by Gasteiger charge is -2.51. The van der Waals surface area contributed by atoms with E-state index in [0.29, 0.717) is 25.9 Å². The average molecular weight is 328 g/mol. The summed E-state index contributed by atoms with van der Waals surface area (Å²) in [6.45, 7) is 0.351. The number of hydrogen-bond acceptors (Lipinski definition) is 2. The lowest BCUT2D eigenvalue weighted by molar-refractivity contribution is -0.160. The molecule has 0 spiro atoms. The predicted octanol–water partition coefficient (Wildman–Crippen LogP) is 4.51. The number of benzene rings is 1. The fraction of sp³-hybridized carbons (Fsp3) is 0.588. The van der Waals surface area contributed by atoms with Crippen molar-refractivity contribution in [1.29, 1.82) is 0 Å². The number of carboxylic acid groups (broad SMARTS) is 1. The highest BCUT2D eigenvalue weighted by atomic mass is 19.4. The van der Waals surface area contributed by atoms with Gasteiger partial charge in [0.05, 0.1) is 17.6 Å². The number of carbonyl (C=O) groups is 1. The molecule has 0 heterocycles. The minimum atomic E-state index is -4.38. The van der Waals surface area contributed by atoms with Crippen molar-refractivity contribution >= 4 is 5.97 Å². The molecule has 4 rings (SSSR count). The summed E-state index contributed by atoms with van der Waals surface area (Å²) in [6, 6.07) is 4.91. The molecule has 6 heteroatoms. The van der Waals surface area contributed by atoms with Gasteiger partial charge in [-0.2, -0.15) is 13.2 Å². The third-order valence-corrected chi connectivity index (χ3v) is 5.56. The molecule has 3 aliphatic rings. The van der Waals surface area contributed by atoms with Crippen LogP contribution in [0.1, 0.15) is 44.1 Å². The van der Waals surface area contributed by atoms with Crippen LogP contribution in [-0.4, -0.2) is 17.7 Å². The highest BCUT2D eigenvalue weighted by Crippen LogP contribution is 2.57. The molecule has 1 aromatic rings. The molecule has 0 atom stereocenters. The molecule has 2 bridgehead atoms. The van der Waals surface area contributed by atoms with Gasteiger partial charge in [-0.25, -0.2) is 0 Å². The van der Waals surface area contributed by atoms with Crippen molar-refractivity contribution in [2.45, 2.75) is 44.7 Å². The molecular weight excluding hydrogens is 309 g/mol. The molecule has 1 N–H and O–H groups in total. The van der Waals surface area contributed by atoms with Gasteiger partial charge in [-0.15, -0.1) is 0 Å². The Bertz CT molecular complexity index is 585. The van der Waals surface area contributed by atoms with Crippen molar-refractivity contribution in [2.75, 3.05) is 6.61 Å². The zero-order valence-corrected chi connectivity index (χ0v) is 12.7. The van der Waals surface area contributed by atoms with Crippen molar-refractivity contribution in [3.05, 3.63) is 29.8 Å². The first-order valence-corrected chi connectivity index (χ1v) is 7.78. The quantitative estimate of drug-likeness (QED) is 0.884. The van der Waals surface area contributed by atoms with Crippen molar-refractivity contribution < 1.29 is 27.8 Å². The van der Waals surface area contributed by atoms with Gasteiger partial charge in [0.1, 0.15) is 5.75 Å². The Balaban J connectivity index is 1.65. The zero-order chi connectivity index (χ0) is 16.7. The van der Waals surface area contributed by atoms with Gasteiger partial charge >= 0.3 is 12.1 Å². The number of aliphatic carboxylic acids is 1. The second-order valence-electron chi connectivity index (χ2n) is 6.90. The minimum absolute atomic E-state index is 0.0918.